The van der Waals surface area contributed by atoms with Gasteiger partial charge in [0.15, 0.2) is 0 Å². The average molecular weight is 217 g/mol. The van der Waals surface area contributed by atoms with Crippen LogP contribution in [0.5, 0.6) is 0 Å². The highest BCUT2D eigenvalue weighted by Gasteiger charge is 2.09. The van der Waals surface area contributed by atoms with Crippen LogP contribution in [0.4, 0.5) is 4.39 Å². The highest BCUT2D eigenvalue weighted by Crippen LogP contribution is 2.26. The lowest BCUT2D eigenvalue weighted by Crippen LogP contribution is -1.93. The van der Waals surface area contributed by atoms with Gasteiger partial charge in [-0.1, -0.05) is 12.1 Å². The number of hydrogen-bond donors (Lipinski definition) is 1. The molecule has 0 saturated carbocycles. The lowest BCUT2D eigenvalue weighted by atomic mass is 10.0. The summed E-state index contributed by atoms with van der Waals surface area (Å²) in [5.74, 6) is -0.277. The van der Waals surface area contributed by atoms with E-state index in [1.807, 2.05) is 13.0 Å². The molecule has 0 atom stereocenters. The molecule has 0 aliphatic rings. The molecule has 1 N–H and O–H groups in total. The third-order valence-electron chi connectivity index (χ3n) is 2.49. The van der Waals surface area contributed by atoms with Crippen LogP contribution in [0, 0.1) is 12.7 Å². The topological polar surface area (TPSA) is 33.1 Å². The van der Waals surface area contributed by atoms with E-state index < -0.39 is 0 Å². The number of nitrogens with zero attached hydrogens (tertiary/aromatic N) is 1. The van der Waals surface area contributed by atoms with Crippen molar-refractivity contribution in [1.29, 1.82) is 0 Å². The van der Waals surface area contributed by atoms with Gasteiger partial charge >= 0.3 is 0 Å². The molecular weight excluding hydrogens is 205 g/mol. The molecule has 0 saturated heterocycles. The Labute approximate surface area is 93.4 Å². The highest BCUT2D eigenvalue weighted by atomic mass is 19.1. The molecule has 0 bridgehead atoms. The van der Waals surface area contributed by atoms with E-state index in [1.54, 1.807) is 24.5 Å². The van der Waals surface area contributed by atoms with Crippen LogP contribution in [0.25, 0.3) is 11.1 Å². The van der Waals surface area contributed by atoms with Crippen molar-refractivity contribution in [2.45, 2.75) is 13.5 Å². The second kappa shape index (κ2) is 4.41. The number of aliphatic hydroxyl groups excluding tert-OH is 1. The van der Waals surface area contributed by atoms with Gasteiger partial charge in [0.1, 0.15) is 5.82 Å². The van der Waals surface area contributed by atoms with E-state index in [4.69, 9.17) is 5.11 Å². The molecule has 2 nitrogen and oxygen atoms in total. The van der Waals surface area contributed by atoms with Gasteiger partial charge in [-0.25, -0.2) is 4.39 Å². The smallest absolute Gasteiger partial charge is 0.131 e. The molecule has 0 fully saturated rings. The second-order valence-electron chi connectivity index (χ2n) is 3.67. The number of aromatic nitrogens is 1. The molecule has 1 aromatic carbocycles. The Bertz CT molecular complexity index is 511. The van der Waals surface area contributed by atoms with E-state index >= 15 is 0 Å². The summed E-state index contributed by atoms with van der Waals surface area (Å²) in [6.45, 7) is 1.70. The third-order valence-corrected chi connectivity index (χ3v) is 2.49. The molecule has 1 heterocycles. The van der Waals surface area contributed by atoms with Crippen LogP contribution in [0.2, 0.25) is 0 Å². The van der Waals surface area contributed by atoms with Crippen molar-refractivity contribution in [1.82, 2.24) is 4.98 Å². The van der Waals surface area contributed by atoms with Crippen LogP contribution < -0.4 is 0 Å². The number of aliphatic hydroxyl groups is 1. The van der Waals surface area contributed by atoms with E-state index in [1.165, 1.54) is 6.07 Å². The van der Waals surface area contributed by atoms with Gasteiger partial charge in [-0.2, -0.15) is 0 Å². The molecule has 0 spiro atoms. The fraction of sp³-hybridized carbons (Fsp3) is 0.154. The van der Waals surface area contributed by atoms with E-state index in [0.29, 0.717) is 16.7 Å². The van der Waals surface area contributed by atoms with Crippen LogP contribution in [-0.4, -0.2) is 10.1 Å². The first kappa shape index (κ1) is 10.8. The van der Waals surface area contributed by atoms with Gasteiger partial charge < -0.3 is 5.11 Å². The minimum atomic E-state index is -0.277. The lowest BCUT2D eigenvalue weighted by molar-refractivity contribution is 0.282. The Morgan fingerprint density at radius 3 is 2.75 bits per heavy atom. The zero-order chi connectivity index (χ0) is 11.5. The Morgan fingerprint density at radius 1 is 1.25 bits per heavy atom. The average Bonchev–Trinajstić information content (AvgIpc) is 2.29. The number of rotatable bonds is 2. The summed E-state index contributed by atoms with van der Waals surface area (Å²) in [4.78, 5) is 3.91. The Kier molecular flexibility index (Phi) is 2.97. The molecule has 0 aliphatic carbocycles. The van der Waals surface area contributed by atoms with Crippen LogP contribution in [-0.2, 0) is 6.61 Å². The van der Waals surface area contributed by atoms with Crippen molar-refractivity contribution < 1.29 is 9.50 Å². The Morgan fingerprint density at radius 2 is 2.06 bits per heavy atom. The Balaban J connectivity index is 2.58. The standard InChI is InChI=1S/C13H12FNO/c1-9-2-3-12(13(14)6-9)11-4-5-15-7-10(11)8-16/h2-7,16H,8H2,1H3. The van der Waals surface area contributed by atoms with E-state index in [-0.39, 0.29) is 12.4 Å². The summed E-state index contributed by atoms with van der Waals surface area (Å²) in [5.41, 5.74) is 2.69. The van der Waals surface area contributed by atoms with Crippen molar-refractivity contribution in [3.63, 3.8) is 0 Å². The summed E-state index contributed by atoms with van der Waals surface area (Å²) in [6, 6.07) is 6.76. The summed E-state index contributed by atoms with van der Waals surface area (Å²) in [7, 11) is 0. The number of aryl methyl sites for hydroxylation is 1. The molecule has 82 valence electrons. The van der Waals surface area contributed by atoms with Crippen molar-refractivity contribution >= 4 is 0 Å². The predicted octanol–water partition coefficient (Wildman–Crippen LogP) is 2.69. The largest absolute Gasteiger partial charge is 0.392 e. The fourth-order valence-corrected chi connectivity index (χ4v) is 1.65. The van der Waals surface area contributed by atoms with Crippen molar-refractivity contribution in [3.8, 4) is 11.1 Å². The molecule has 16 heavy (non-hydrogen) atoms. The molecule has 1 aromatic heterocycles. The molecule has 0 aliphatic heterocycles. The van der Waals surface area contributed by atoms with Crippen molar-refractivity contribution in [2.75, 3.05) is 0 Å². The van der Waals surface area contributed by atoms with Crippen LogP contribution in [0.3, 0.4) is 0 Å². The SMILES string of the molecule is Cc1ccc(-c2ccncc2CO)c(F)c1. The molecule has 2 rings (SSSR count). The first-order valence-electron chi connectivity index (χ1n) is 5.02. The van der Waals surface area contributed by atoms with Gasteiger partial charge in [-0.05, 0) is 30.2 Å². The monoisotopic (exact) mass is 217 g/mol. The second-order valence-corrected chi connectivity index (χ2v) is 3.67. The maximum atomic E-state index is 13.8. The highest BCUT2D eigenvalue weighted by molar-refractivity contribution is 5.67. The van der Waals surface area contributed by atoms with Crippen LogP contribution in [0.1, 0.15) is 11.1 Å². The normalized spacial score (nSPS) is 10.4. The van der Waals surface area contributed by atoms with Crippen LogP contribution >= 0.6 is 0 Å². The zero-order valence-electron chi connectivity index (χ0n) is 8.94. The number of hydrogen-bond acceptors (Lipinski definition) is 2. The van der Waals surface area contributed by atoms with Gasteiger partial charge in [-0.15, -0.1) is 0 Å². The quantitative estimate of drug-likeness (QED) is 0.839. The van der Waals surface area contributed by atoms with Crippen LogP contribution in [0.15, 0.2) is 36.7 Å². The number of halogens is 1. The maximum absolute atomic E-state index is 13.8. The van der Waals surface area contributed by atoms with Gasteiger partial charge in [-0.3, -0.25) is 4.98 Å². The molecule has 3 heteroatoms. The van der Waals surface area contributed by atoms with E-state index in [2.05, 4.69) is 4.98 Å². The molecule has 0 radical (unpaired) electrons. The first-order valence-corrected chi connectivity index (χ1v) is 5.02. The summed E-state index contributed by atoms with van der Waals surface area (Å²) < 4.78 is 13.8. The van der Waals surface area contributed by atoms with E-state index in [0.717, 1.165) is 5.56 Å². The molecule has 0 unspecified atom stereocenters. The molecule has 2 aromatic rings. The minimum Gasteiger partial charge on any atom is -0.392 e. The molecule has 0 amide bonds. The van der Waals surface area contributed by atoms with Crippen molar-refractivity contribution in [3.05, 3.63) is 53.6 Å². The van der Waals surface area contributed by atoms with Gasteiger partial charge in [0.25, 0.3) is 0 Å². The summed E-state index contributed by atoms with van der Waals surface area (Å²) >= 11 is 0. The number of benzene rings is 1. The van der Waals surface area contributed by atoms with Gasteiger partial charge in [0.05, 0.1) is 6.61 Å². The molecular formula is C13H12FNO. The zero-order valence-corrected chi connectivity index (χ0v) is 8.94. The minimum absolute atomic E-state index is 0.142. The fourth-order valence-electron chi connectivity index (χ4n) is 1.65. The van der Waals surface area contributed by atoms with Crippen molar-refractivity contribution in [2.24, 2.45) is 0 Å². The first-order chi connectivity index (χ1) is 7.72. The predicted molar refractivity (Wildman–Crippen MR) is 60.3 cm³/mol. The maximum Gasteiger partial charge on any atom is 0.131 e. The lowest BCUT2D eigenvalue weighted by Gasteiger charge is -2.08. The summed E-state index contributed by atoms with van der Waals surface area (Å²) in [5, 5.41) is 9.16. The van der Waals surface area contributed by atoms with Gasteiger partial charge in [0.2, 0.25) is 0 Å². The number of pyridine rings is 1. The van der Waals surface area contributed by atoms with Gasteiger partial charge in [0, 0.05) is 23.5 Å². The summed E-state index contributed by atoms with van der Waals surface area (Å²) in [6.07, 6.45) is 3.14. The third kappa shape index (κ3) is 1.95. The Hall–Kier alpha value is -1.74. The van der Waals surface area contributed by atoms with E-state index in [9.17, 15) is 4.39 Å².